The van der Waals surface area contributed by atoms with E-state index in [1.165, 1.54) is 6.26 Å². The Kier molecular flexibility index (Phi) is 5.52. The second kappa shape index (κ2) is 8.31. The quantitative estimate of drug-likeness (QED) is 0.360. The lowest BCUT2D eigenvalue weighted by molar-refractivity contribution is -0.138. The Morgan fingerprint density at radius 3 is 2.31 bits per heavy atom. The normalized spacial score (nSPS) is 17.9. The number of aromatic nitrogens is 1. The Morgan fingerprint density at radius 2 is 1.66 bits per heavy atom. The topological polar surface area (TPSA) is 84.3 Å². The van der Waals surface area contributed by atoms with E-state index in [2.05, 4.69) is 11.1 Å². The van der Waals surface area contributed by atoms with E-state index in [0.717, 1.165) is 44.3 Å². The standard InChI is InChI=1S/C29H27NO4S/c1-29(2,35(3,33)34)23-15-22-8-5-13-30-27(22)25(16-23)21-7-4-6-20(14-21)18-9-11-19(12-10-18)24-17-26(24)28(31)32/h4-16,24,26H,17H2,1-3H3,(H,31,32)/t24-,26+/m0/s1. The van der Waals surface area contributed by atoms with Crippen LogP contribution in [0.2, 0.25) is 0 Å². The zero-order chi connectivity index (χ0) is 25.0. The van der Waals surface area contributed by atoms with Gasteiger partial charge in [0, 0.05) is 23.4 Å². The Balaban J connectivity index is 1.57. The summed E-state index contributed by atoms with van der Waals surface area (Å²) in [5.41, 5.74) is 6.50. The van der Waals surface area contributed by atoms with Crippen molar-refractivity contribution in [2.45, 2.75) is 30.9 Å². The predicted octanol–water partition coefficient (Wildman–Crippen LogP) is 6.04. The molecule has 1 aliphatic rings. The van der Waals surface area contributed by atoms with Crippen molar-refractivity contribution in [1.82, 2.24) is 4.98 Å². The summed E-state index contributed by atoms with van der Waals surface area (Å²) < 4.78 is 24.1. The predicted molar refractivity (Wildman–Crippen MR) is 139 cm³/mol. The highest BCUT2D eigenvalue weighted by molar-refractivity contribution is 7.91. The number of carboxylic acids is 1. The van der Waals surface area contributed by atoms with Gasteiger partial charge in [0.1, 0.15) is 0 Å². The van der Waals surface area contributed by atoms with E-state index in [1.54, 1.807) is 20.0 Å². The minimum Gasteiger partial charge on any atom is -0.481 e. The van der Waals surface area contributed by atoms with E-state index in [1.807, 2.05) is 66.7 Å². The van der Waals surface area contributed by atoms with Gasteiger partial charge in [0.2, 0.25) is 0 Å². The van der Waals surface area contributed by atoms with Crippen LogP contribution in [0.25, 0.3) is 33.2 Å². The molecule has 1 heterocycles. The molecule has 2 atom stereocenters. The highest BCUT2D eigenvalue weighted by Crippen LogP contribution is 2.47. The van der Waals surface area contributed by atoms with E-state index in [-0.39, 0.29) is 11.8 Å². The third-order valence-electron chi connectivity index (χ3n) is 7.28. The molecule has 4 aromatic rings. The van der Waals surface area contributed by atoms with Gasteiger partial charge >= 0.3 is 5.97 Å². The Bertz CT molecular complexity index is 1560. The molecule has 35 heavy (non-hydrogen) atoms. The number of rotatable bonds is 6. The van der Waals surface area contributed by atoms with E-state index < -0.39 is 20.6 Å². The first-order valence-electron chi connectivity index (χ1n) is 11.6. The zero-order valence-corrected chi connectivity index (χ0v) is 20.7. The summed E-state index contributed by atoms with van der Waals surface area (Å²) in [6, 6.07) is 23.9. The minimum atomic E-state index is -3.35. The molecule has 0 bridgehead atoms. The van der Waals surface area contributed by atoms with E-state index in [9.17, 15) is 18.3 Å². The average Bonchev–Trinajstić information content (AvgIpc) is 3.64. The molecule has 0 spiro atoms. The molecular formula is C29H27NO4S. The van der Waals surface area contributed by atoms with Gasteiger partial charge in [-0.2, -0.15) is 0 Å². The smallest absolute Gasteiger partial charge is 0.307 e. The number of aliphatic carboxylic acids is 1. The number of carbonyl (C=O) groups is 1. The van der Waals surface area contributed by atoms with E-state index >= 15 is 0 Å². The molecule has 0 amide bonds. The second-order valence-corrected chi connectivity index (χ2v) is 12.4. The molecule has 6 heteroatoms. The lowest BCUT2D eigenvalue weighted by Crippen LogP contribution is -2.28. The molecule has 1 N–H and O–H groups in total. The van der Waals surface area contributed by atoms with Gasteiger partial charge < -0.3 is 5.11 Å². The molecule has 0 saturated heterocycles. The lowest BCUT2D eigenvalue weighted by Gasteiger charge is -2.24. The molecule has 5 rings (SSSR count). The molecule has 5 nitrogen and oxygen atoms in total. The number of hydrogen-bond acceptors (Lipinski definition) is 4. The maximum absolute atomic E-state index is 12.6. The van der Waals surface area contributed by atoms with Crippen molar-refractivity contribution in [2.24, 2.45) is 5.92 Å². The Morgan fingerprint density at radius 1 is 0.943 bits per heavy atom. The van der Waals surface area contributed by atoms with Crippen LogP contribution in [0.5, 0.6) is 0 Å². The van der Waals surface area contributed by atoms with Crippen LogP contribution in [-0.2, 0) is 19.4 Å². The number of nitrogens with zero attached hydrogens (tertiary/aromatic N) is 1. The van der Waals surface area contributed by atoms with Crippen molar-refractivity contribution in [2.75, 3.05) is 6.26 Å². The maximum Gasteiger partial charge on any atom is 0.307 e. The van der Waals surface area contributed by atoms with Crippen molar-refractivity contribution in [3.8, 4) is 22.3 Å². The molecule has 1 aromatic heterocycles. The van der Waals surface area contributed by atoms with Crippen molar-refractivity contribution >= 4 is 26.7 Å². The Hall–Kier alpha value is -3.51. The molecule has 1 saturated carbocycles. The first kappa shape index (κ1) is 23.2. The van der Waals surface area contributed by atoms with Crippen LogP contribution in [0, 0.1) is 5.92 Å². The third-order valence-corrected chi connectivity index (χ3v) is 9.37. The molecule has 0 aliphatic heterocycles. The number of carboxylic acid groups (broad SMARTS) is 1. The van der Waals surface area contributed by atoms with Crippen molar-refractivity contribution in [1.29, 1.82) is 0 Å². The second-order valence-electron chi connectivity index (χ2n) is 9.87. The number of pyridine rings is 1. The summed E-state index contributed by atoms with van der Waals surface area (Å²) in [7, 11) is -3.35. The van der Waals surface area contributed by atoms with E-state index in [0.29, 0.717) is 6.42 Å². The summed E-state index contributed by atoms with van der Waals surface area (Å²) in [5, 5.41) is 10.1. The molecule has 0 radical (unpaired) electrons. The summed E-state index contributed by atoms with van der Waals surface area (Å²) in [6.07, 6.45) is 3.72. The number of hydrogen-bond donors (Lipinski definition) is 1. The SMILES string of the molecule is CC(C)(c1cc(-c2cccc(-c3ccc([C@@H]4C[C@H]4C(=O)O)cc3)c2)c2ncccc2c1)S(C)(=O)=O. The number of fused-ring (bicyclic) bond motifs is 1. The zero-order valence-electron chi connectivity index (χ0n) is 19.9. The van der Waals surface area contributed by atoms with Crippen LogP contribution >= 0.6 is 0 Å². The Labute approximate surface area is 205 Å². The summed E-state index contributed by atoms with van der Waals surface area (Å²) >= 11 is 0. The third kappa shape index (κ3) is 4.23. The highest BCUT2D eigenvalue weighted by atomic mass is 32.2. The van der Waals surface area contributed by atoms with Gasteiger partial charge in [-0.25, -0.2) is 8.42 Å². The fourth-order valence-corrected chi connectivity index (χ4v) is 5.15. The molecule has 0 unspecified atom stereocenters. The fourth-order valence-electron chi connectivity index (χ4n) is 4.60. The van der Waals surface area contributed by atoms with E-state index in [4.69, 9.17) is 0 Å². The highest BCUT2D eigenvalue weighted by Gasteiger charge is 2.44. The molecule has 1 fully saturated rings. The first-order chi connectivity index (χ1) is 16.6. The molecular weight excluding hydrogens is 458 g/mol. The van der Waals surface area contributed by atoms with Gasteiger partial charge in [0.25, 0.3) is 0 Å². The van der Waals surface area contributed by atoms with Crippen LogP contribution in [0.3, 0.4) is 0 Å². The summed E-state index contributed by atoms with van der Waals surface area (Å²) in [5.74, 6) is -0.895. The fraction of sp³-hybridized carbons (Fsp3) is 0.241. The van der Waals surface area contributed by atoms with Crippen LogP contribution in [-0.4, -0.2) is 30.7 Å². The summed E-state index contributed by atoms with van der Waals surface area (Å²) in [6.45, 7) is 3.47. The van der Waals surface area contributed by atoms with Gasteiger partial charge in [0.15, 0.2) is 9.84 Å². The van der Waals surface area contributed by atoms with Gasteiger partial charge in [-0.15, -0.1) is 0 Å². The van der Waals surface area contributed by atoms with Gasteiger partial charge in [-0.05, 0) is 78.3 Å². The monoisotopic (exact) mass is 485 g/mol. The molecule has 1 aliphatic carbocycles. The van der Waals surface area contributed by atoms with Gasteiger partial charge in [0.05, 0.1) is 16.2 Å². The van der Waals surface area contributed by atoms with Gasteiger partial charge in [-0.1, -0.05) is 48.5 Å². The summed E-state index contributed by atoms with van der Waals surface area (Å²) in [4.78, 5) is 15.8. The molecule has 178 valence electrons. The van der Waals surface area contributed by atoms with Crippen LogP contribution < -0.4 is 0 Å². The number of benzene rings is 3. The van der Waals surface area contributed by atoms with Crippen LogP contribution in [0.15, 0.2) is 79.0 Å². The average molecular weight is 486 g/mol. The van der Waals surface area contributed by atoms with Crippen molar-refractivity contribution in [3.05, 3.63) is 90.1 Å². The van der Waals surface area contributed by atoms with Crippen LogP contribution in [0.1, 0.15) is 37.3 Å². The number of sulfone groups is 1. The van der Waals surface area contributed by atoms with Gasteiger partial charge in [-0.3, -0.25) is 9.78 Å². The van der Waals surface area contributed by atoms with Crippen molar-refractivity contribution in [3.63, 3.8) is 0 Å². The van der Waals surface area contributed by atoms with Crippen LogP contribution in [0.4, 0.5) is 0 Å². The largest absolute Gasteiger partial charge is 0.481 e. The first-order valence-corrected chi connectivity index (χ1v) is 13.5. The maximum atomic E-state index is 12.6. The minimum absolute atomic E-state index is 0.103. The lowest BCUT2D eigenvalue weighted by atomic mass is 9.92. The van der Waals surface area contributed by atoms with Crippen molar-refractivity contribution < 1.29 is 18.3 Å². The molecule has 3 aromatic carbocycles.